The Morgan fingerprint density at radius 1 is 1.17 bits per heavy atom. The lowest BCUT2D eigenvalue weighted by Crippen LogP contribution is -2.34. The van der Waals surface area contributed by atoms with Crippen molar-refractivity contribution in [3.8, 4) is 0 Å². The van der Waals surface area contributed by atoms with Gasteiger partial charge in [0, 0.05) is 19.0 Å². The van der Waals surface area contributed by atoms with Crippen LogP contribution in [-0.4, -0.2) is 23.7 Å². The molecular formula is C19H16N2O2S. The van der Waals surface area contributed by atoms with Crippen LogP contribution in [0.3, 0.4) is 0 Å². The van der Waals surface area contributed by atoms with E-state index in [2.05, 4.69) is 4.98 Å². The summed E-state index contributed by atoms with van der Waals surface area (Å²) in [5.74, 6) is -0.165. The van der Waals surface area contributed by atoms with Gasteiger partial charge in [-0.15, -0.1) is 0 Å². The number of hydrogen-bond acceptors (Lipinski definition) is 4. The van der Waals surface area contributed by atoms with Crippen molar-refractivity contribution < 1.29 is 9.59 Å². The summed E-state index contributed by atoms with van der Waals surface area (Å²) in [7, 11) is 1.76. The van der Waals surface area contributed by atoms with E-state index in [1.54, 1.807) is 11.9 Å². The normalized spacial score (nSPS) is 16.9. The van der Waals surface area contributed by atoms with E-state index in [-0.39, 0.29) is 17.6 Å². The number of anilines is 1. The fourth-order valence-corrected chi connectivity index (χ4v) is 4.14. The van der Waals surface area contributed by atoms with Crippen molar-refractivity contribution in [2.75, 3.05) is 11.9 Å². The predicted molar refractivity (Wildman–Crippen MR) is 95.8 cm³/mol. The third kappa shape index (κ3) is 2.41. The van der Waals surface area contributed by atoms with Crippen LogP contribution in [0, 0.1) is 0 Å². The number of nitrogens with zero attached hydrogens (tertiary/aromatic N) is 2. The molecule has 1 heterocycles. The van der Waals surface area contributed by atoms with Gasteiger partial charge in [-0.25, -0.2) is 4.98 Å². The summed E-state index contributed by atoms with van der Waals surface area (Å²) in [6, 6.07) is 15.3. The van der Waals surface area contributed by atoms with Crippen molar-refractivity contribution >= 4 is 38.4 Å². The number of aromatic nitrogens is 1. The standard InChI is InChI=1S/C19H16N2O2S/c1-21(19-20-15-8-4-5-9-17(15)24-19)18(23)14-10-11-16(22)13-7-3-2-6-12(13)14/h2-9,14H,10-11H2,1H3. The lowest BCUT2D eigenvalue weighted by molar-refractivity contribution is -0.119. The number of ketones is 1. The predicted octanol–water partition coefficient (Wildman–Crippen LogP) is 4.02. The first-order valence-electron chi connectivity index (χ1n) is 7.90. The number of para-hydroxylation sites is 1. The zero-order valence-corrected chi connectivity index (χ0v) is 14.0. The minimum absolute atomic E-state index is 0.00555. The molecule has 5 heteroatoms. The van der Waals surface area contributed by atoms with Crippen molar-refractivity contribution in [3.63, 3.8) is 0 Å². The van der Waals surface area contributed by atoms with Gasteiger partial charge in [-0.2, -0.15) is 0 Å². The Hall–Kier alpha value is -2.53. The zero-order valence-electron chi connectivity index (χ0n) is 13.2. The molecule has 0 bridgehead atoms. The van der Waals surface area contributed by atoms with Crippen LogP contribution in [-0.2, 0) is 4.79 Å². The lowest BCUT2D eigenvalue weighted by atomic mass is 9.81. The van der Waals surface area contributed by atoms with Crippen LogP contribution >= 0.6 is 11.3 Å². The van der Waals surface area contributed by atoms with Crippen LogP contribution in [0.1, 0.15) is 34.7 Å². The summed E-state index contributed by atoms with van der Waals surface area (Å²) in [5, 5.41) is 0.690. The van der Waals surface area contributed by atoms with Gasteiger partial charge in [0.15, 0.2) is 10.9 Å². The average Bonchev–Trinajstić information content (AvgIpc) is 3.05. The van der Waals surface area contributed by atoms with Gasteiger partial charge in [0.2, 0.25) is 5.91 Å². The Labute approximate surface area is 143 Å². The van der Waals surface area contributed by atoms with Gasteiger partial charge in [-0.1, -0.05) is 47.7 Å². The maximum absolute atomic E-state index is 13.0. The van der Waals surface area contributed by atoms with E-state index in [0.29, 0.717) is 23.5 Å². The zero-order chi connectivity index (χ0) is 16.7. The van der Waals surface area contributed by atoms with Crippen LogP contribution in [0.15, 0.2) is 48.5 Å². The van der Waals surface area contributed by atoms with Gasteiger partial charge in [0.1, 0.15) is 0 Å². The molecule has 1 aliphatic rings. The molecule has 1 aliphatic carbocycles. The second-order valence-electron chi connectivity index (χ2n) is 5.96. The summed E-state index contributed by atoms with van der Waals surface area (Å²) in [4.78, 5) is 31.3. The van der Waals surface area contributed by atoms with Gasteiger partial charge >= 0.3 is 0 Å². The third-order valence-electron chi connectivity index (χ3n) is 4.49. The fourth-order valence-electron chi connectivity index (χ4n) is 3.21. The molecule has 24 heavy (non-hydrogen) atoms. The molecule has 0 saturated carbocycles. The molecule has 0 N–H and O–H groups in total. The van der Waals surface area contributed by atoms with Crippen molar-refractivity contribution in [1.29, 1.82) is 0 Å². The number of carbonyl (C=O) groups excluding carboxylic acids is 2. The first kappa shape index (κ1) is 15.0. The quantitative estimate of drug-likeness (QED) is 0.710. The molecule has 0 radical (unpaired) electrons. The van der Waals surface area contributed by atoms with Crippen LogP contribution in [0.2, 0.25) is 0 Å². The molecule has 4 rings (SSSR count). The third-order valence-corrected chi connectivity index (χ3v) is 5.61. The van der Waals surface area contributed by atoms with Crippen LogP contribution in [0.4, 0.5) is 5.13 Å². The number of benzene rings is 2. The molecule has 1 amide bonds. The van der Waals surface area contributed by atoms with Crippen LogP contribution < -0.4 is 4.90 Å². The summed E-state index contributed by atoms with van der Waals surface area (Å²) < 4.78 is 1.06. The Kier molecular flexibility index (Phi) is 3.65. The highest BCUT2D eigenvalue weighted by Crippen LogP contribution is 2.35. The first-order valence-corrected chi connectivity index (χ1v) is 8.72. The van der Waals surface area contributed by atoms with Crippen LogP contribution in [0.5, 0.6) is 0 Å². The lowest BCUT2D eigenvalue weighted by Gasteiger charge is -2.26. The molecule has 0 fully saturated rings. The Morgan fingerprint density at radius 2 is 1.92 bits per heavy atom. The second kappa shape index (κ2) is 5.83. The molecule has 1 atom stereocenters. The van der Waals surface area contributed by atoms with Gasteiger partial charge in [-0.05, 0) is 24.1 Å². The molecule has 3 aromatic rings. The number of amides is 1. The Balaban J connectivity index is 1.68. The van der Waals surface area contributed by atoms with Crippen molar-refractivity contribution in [3.05, 3.63) is 59.7 Å². The minimum atomic E-state index is -0.282. The Morgan fingerprint density at radius 3 is 2.75 bits per heavy atom. The highest BCUT2D eigenvalue weighted by Gasteiger charge is 2.33. The van der Waals surface area contributed by atoms with Crippen molar-refractivity contribution in [1.82, 2.24) is 4.98 Å². The molecule has 120 valence electrons. The fraction of sp³-hybridized carbons (Fsp3) is 0.211. The number of hydrogen-bond donors (Lipinski definition) is 0. The number of thiazole rings is 1. The van der Waals surface area contributed by atoms with Gasteiger partial charge in [0.25, 0.3) is 0 Å². The number of rotatable bonds is 2. The maximum atomic E-state index is 13.0. The Bertz CT molecular complexity index is 914. The SMILES string of the molecule is CN(C(=O)C1CCC(=O)c2ccccc21)c1nc2ccccc2s1. The second-order valence-corrected chi connectivity index (χ2v) is 6.97. The van der Waals surface area contributed by atoms with Crippen LogP contribution in [0.25, 0.3) is 10.2 Å². The van der Waals surface area contributed by atoms with Gasteiger partial charge in [-0.3, -0.25) is 14.5 Å². The largest absolute Gasteiger partial charge is 0.294 e. The van der Waals surface area contributed by atoms with Gasteiger partial charge < -0.3 is 0 Å². The van der Waals surface area contributed by atoms with E-state index in [9.17, 15) is 9.59 Å². The monoisotopic (exact) mass is 336 g/mol. The number of fused-ring (bicyclic) bond motifs is 2. The summed E-state index contributed by atoms with van der Waals surface area (Å²) >= 11 is 1.51. The topological polar surface area (TPSA) is 50.3 Å². The molecule has 1 aromatic heterocycles. The summed E-state index contributed by atoms with van der Waals surface area (Å²) in [5.41, 5.74) is 2.42. The van der Waals surface area contributed by atoms with E-state index in [0.717, 1.165) is 15.8 Å². The first-order chi connectivity index (χ1) is 11.6. The number of likely N-dealkylation sites (N-methyl/N-ethyl adjacent to an activating group) is 1. The molecule has 0 aliphatic heterocycles. The minimum Gasteiger partial charge on any atom is -0.294 e. The molecule has 0 spiro atoms. The highest BCUT2D eigenvalue weighted by molar-refractivity contribution is 7.22. The maximum Gasteiger partial charge on any atom is 0.236 e. The molecular weight excluding hydrogens is 320 g/mol. The van der Waals surface area contributed by atoms with Gasteiger partial charge in [0.05, 0.1) is 16.1 Å². The smallest absolute Gasteiger partial charge is 0.236 e. The number of carbonyl (C=O) groups is 2. The number of Topliss-reactive ketones (excluding diaryl/α,β-unsaturated/α-hetero) is 1. The van der Waals surface area contributed by atoms with E-state index in [1.165, 1.54) is 11.3 Å². The van der Waals surface area contributed by atoms with Crippen molar-refractivity contribution in [2.45, 2.75) is 18.8 Å². The average molecular weight is 336 g/mol. The van der Waals surface area contributed by atoms with E-state index in [4.69, 9.17) is 0 Å². The molecule has 0 saturated heterocycles. The summed E-state index contributed by atoms with van der Waals surface area (Å²) in [6.45, 7) is 0. The molecule has 2 aromatic carbocycles. The van der Waals surface area contributed by atoms with E-state index >= 15 is 0 Å². The molecule has 1 unspecified atom stereocenters. The van der Waals surface area contributed by atoms with E-state index < -0.39 is 0 Å². The highest BCUT2D eigenvalue weighted by atomic mass is 32.1. The molecule has 4 nitrogen and oxygen atoms in total. The van der Waals surface area contributed by atoms with E-state index in [1.807, 2.05) is 48.5 Å². The summed E-state index contributed by atoms with van der Waals surface area (Å²) in [6.07, 6.45) is 0.977. The van der Waals surface area contributed by atoms with Crippen molar-refractivity contribution in [2.24, 2.45) is 0 Å².